The number of nitrogens with zero attached hydrogens (tertiary/aromatic N) is 1. The Labute approximate surface area is 127 Å². The molecule has 0 radical (unpaired) electrons. The molecule has 1 N–H and O–H groups in total. The van der Waals surface area contributed by atoms with Gasteiger partial charge in [0.1, 0.15) is 5.60 Å². The smallest absolute Gasteiger partial charge is 0.407 e. The molecule has 0 aromatic carbocycles. The summed E-state index contributed by atoms with van der Waals surface area (Å²) in [7, 11) is 3.43. The molecule has 2 unspecified atom stereocenters. The lowest BCUT2D eigenvalue weighted by Crippen LogP contribution is -2.50. The van der Waals surface area contributed by atoms with Gasteiger partial charge in [0.05, 0.1) is 7.11 Å². The van der Waals surface area contributed by atoms with E-state index >= 15 is 0 Å². The van der Waals surface area contributed by atoms with Gasteiger partial charge in [-0.15, -0.1) is 0 Å². The minimum absolute atomic E-state index is 0.0567. The number of hydrogen-bond donors (Lipinski definition) is 1. The number of carbonyl (C=O) groups excluding carboxylic acids is 2. The van der Waals surface area contributed by atoms with Crippen molar-refractivity contribution in [1.29, 1.82) is 0 Å². The molecule has 1 aliphatic heterocycles. The molecule has 0 spiro atoms. The Balaban J connectivity index is 2.44. The predicted octanol–water partition coefficient (Wildman–Crippen LogP) is 1.78. The number of hydrogen-bond acceptors (Lipinski definition) is 5. The third-order valence-corrected chi connectivity index (χ3v) is 3.43. The molecule has 1 amide bonds. The normalized spacial score (nSPS) is 23.5. The fourth-order valence-corrected chi connectivity index (χ4v) is 2.65. The zero-order valence-electron chi connectivity index (χ0n) is 13.8. The van der Waals surface area contributed by atoms with Crippen LogP contribution in [-0.4, -0.2) is 55.9 Å². The Morgan fingerprint density at radius 1 is 1.29 bits per heavy atom. The fourth-order valence-electron chi connectivity index (χ4n) is 2.65. The molecule has 6 heteroatoms. The van der Waals surface area contributed by atoms with Crippen LogP contribution in [0.25, 0.3) is 0 Å². The monoisotopic (exact) mass is 300 g/mol. The van der Waals surface area contributed by atoms with Crippen LogP contribution < -0.4 is 5.32 Å². The van der Waals surface area contributed by atoms with Crippen molar-refractivity contribution >= 4 is 12.1 Å². The Hall–Kier alpha value is -1.30. The van der Waals surface area contributed by atoms with Gasteiger partial charge in [0, 0.05) is 25.6 Å². The van der Waals surface area contributed by atoms with E-state index in [9.17, 15) is 9.59 Å². The Kier molecular flexibility index (Phi) is 6.45. The first-order valence-electron chi connectivity index (χ1n) is 7.44. The lowest BCUT2D eigenvalue weighted by Gasteiger charge is -2.36. The molecule has 1 aliphatic rings. The number of esters is 1. The molecule has 21 heavy (non-hydrogen) atoms. The molecule has 1 fully saturated rings. The molecule has 0 saturated carbocycles. The van der Waals surface area contributed by atoms with Crippen LogP contribution in [-0.2, 0) is 14.3 Å². The number of nitrogens with one attached hydrogen (secondary N) is 1. The molecule has 2 atom stereocenters. The molecule has 6 nitrogen and oxygen atoms in total. The molecule has 0 aliphatic carbocycles. The van der Waals surface area contributed by atoms with Crippen molar-refractivity contribution in [2.45, 2.75) is 51.7 Å². The maximum atomic E-state index is 11.8. The van der Waals surface area contributed by atoms with Crippen LogP contribution in [0.15, 0.2) is 0 Å². The molecule has 1 heterocycles. The lowest BCUT2D eigenvalue weighted by molar-refractivity contribution is -0.141. The first-order chi connectivity index (χ1) is 9.69. The standard InChI is InChI=1S/C15H28N2O4/c1-15(2,3)21-14(19)16-12-8-11(9-17(4)10-12)6-7-13(18)20-5/h11-12H,6-10H2,1-5H3,(H,16,19). The third-order valence-electron chi connectivity index (χ3n) is 3.43. The van der Waals surface area contributed by atoms with Crippen molar-refractivity contribution in [2.24, 2.45) is 5.92 Å². The van der Waals surface area contributed by atoms with Gasteiger partial charge in [-0.3, -0.25) is 4.79 Å². The Morgan fingerprint density at radius 3 is 2.52 bits per heavy atom. The fraction of sp³-hybridized carbons (Fsp3) is 0.867. The molecule has 1 rings (SSSR count). The van der Waals surface area contributed by atoms with E-state index in [0.717, 1.165) is 25.9 Å². The zero-order chi connectivity index (χ0) is 16.0. The van der Waals surface area contributed by atoms with Crippen molar-refractivity contribution in [1.82, 2.24) is 10.2 Å². The second kappa shape index (κ2) is 7.64. The molecule has 1 saturated heterocycles. The number of rotatable bonds is 4. The van der Waals surface area contributed by atoms with Crippen molar-refractivity contribution in [2.75, 3.05) is 27.2 Å². The number of likely N-dealkylation sites (N-methyl/N-ethyl adjacent to an activating group) is 1. The van der Waals surface area contributed by atoms with Gasteiger partial charge in [-0.2, -0.15) is 0 Å². The summed E-state index contributed by atoms with van der Waals surface area (Å²) in [6, 6.07) is 0.0567. The highest BCUT2D eigenvalue weighted by molar-refractivity contribution is 5.69. The van der Waals surface area contributed by atoms with Crippen LogP contribution >= 0.6 is 0 Å². The summed E-state index contributed by atoms with van der Waals surface area (Å²) in [6.07, 6.45) is 1.69. The van der Waals surface area contributed by atoms with Crippen molar-refractivity contribution in [3.63, 3.8) is 0 Å². The molecule has 0 aromatic heterocycles. The van der Waals surface area contributed by atoms with E-state index in [-0.39, 0.29) is 18.1 Å². The van der Waals surface area contributed by atoms with E-state index in [1.165, 1.54) is 7.11 Å². The minimum Gasteiger partial charge on any atom is -0.469 e. The third kappa shape index (κ3) is 7.32. The summed E-state index contributed by atoms with van der Waals surface area (Å²) in [5.74, 6) is 0.197. The van der Waals surface area contributed by atoms with Crippen LogP contribution in [0.2, 0.25) is 0 Å². The van der Waals surface area contributed by atoms with Crippen molar-refractivity contribution in [3.8, 4) is 0 Å². The average Bonchev–Trinajstić information content (AvgIpc) is 2.32. The molecule has 0 bridgehead atoms. The van der Waals surface area contributed by atoms with E-state index in [0.29, 0.717) is 12.3 Å². The average molecular weight is 300 g/mol. The predicted molar refractivity (Wildman–Crippen MR) is 80.0 cm³/mol. The van der Waals surface area contributed by atoms with Gasteiger partial charge in [0.2, 0.25) is 0 Å². The first kappa shape index (κ1) is 17.8. The number of carbonyl (C=O) groups is 2. The Bertz CT molecular complexity index is 365. The number of alkyl carbamates (subject to hydrolysis) is 1. The second-order valence-corrected chi connectivity index (χ2v) is 6.78. The molecule has 0 aromatic rings. The largest absolute Gasteiger partial charge is 0.469 e. The van der Waals surface area contributed by atoms with Crippen LogP contribution in [0.1, 0.15) is 40.0 Å². The number of ether oxygens (including phenoxy) is 2. The maximum absolute atomic E-state index is 11.8. The highest BCUT2D eigenvalue weighted by Crippen LogP contribution is 2.21. The molecular weight excluding hydrogens is 272 g/mol. The van der Waals surface area contributed by atoms with E-state index in [1.807, 2.05) is 27.8 Å². The quantitative estimate of drug-likeness (QED) is 0.802. The first-order valence-corrected chi connectivity index (χ1v) is 7.44. The maximum Gasteiger partial charge on any atom is 0.407 e. The summed E-state index contributed by atoms with van der Waals surface area (Å²) in [6.45, 7) is 7.27. The van der Waals surface area contributed by atoms with Crippen LogP contribution in [0, 0.1) is 5.92 Å². The number of piperidine rings is 1. The zero-order valence-corrected chi connectivity index (χ0v) is 13.8. The summed E-state index contributed by atoms with van der Waals surface area (Å²) in [5.41, 5.74) is -0.491. The summed E-state index contributed by atoms with van der Waals surface area (Å²) < 4.78 is 9.96. The second-order valence-electron chi connectivity index (χ2n) is 6.78. The highest BCUT2D eigenvalue weighted by atomic mass is 16.6. The number of likely N-dealkylation sites (tertiary alicyclic amines) is 1. The van der Waals surface area contributed by atoms with Crippen LogP contribution in [0.3, 0.4) is 0 Å². The van der Waals surface area contributed by atoms with E-state index < -0.39 is 5.60 Å². The number of methoxy groups -OCH3 is 1. The topological polar surface area (TPSA) is 67.9 Å². The Morgan fingerprint density at radius 2 is 1.95 bits per heavy atom. The van der Waals surface area contributed by atoms with Crippen molar-refractivity contribution in [3.05, 3.63) is 0 Å². The van der Waals surface area contributed by atoms with Gasteiger partial charge < -0.3 is 19.7 Å². The van der Waals surface area contributed by atoms with Gasteiger partial charge in [0.25, 0.3) is 0 Å². The van der Waals surface area contributed by atoms with E-state index in [1.54, 1.807) is 0 Å². The van der Waals surface area contributed by atoms with Gasteiger partial charge in [0.15, 0.2) is 0 Å². The lowest BCUT2D eigenvalue weighted by atomic mass is 9.90. The summed E-state index contributed by atoms with van der Waals surface area (Å²) in [4.78, 5) is 25.2. The van der Waals surface area contributed by atoms with E-state index in [2.05, 4.69) is 15.0 Å². The molecular formula is C15H28N2O4. The highest BCUT2D eigenvalue weighted by Gasteiger charge is 2.28. The number of amides is 1. The van der Waals surface area contributed by atoms with Crippen LogP contribution in [0.4, 0.5) is 4.79 Å². The molecule has 122 valence electrons. The van der Waals surface area contributed by atoms with Crippen molar-refractivity contribution < 1.29 is 19.1 Å². The van der Waals surface area contributed by atoms with Crippen LogP contribution in [0.5, 0.6) is 0 Å². The van der Waals surface area contributed by atoms with Gasteiger partial charge >= 0.3 is 12.1 Å². The summed E-state index contributed by atoms with van der Waals surface area (Å²) in [5, 5.41) is 2.92. The minimum atomic E-state index is -0.491. The van der Waals surface area contributed by atoms with Gasteiger partial charge in [-0.1, -0.05) is 0 Å². The van der Waals surface area contributed by atoms with E-state index in [4.69, 9.17) is 4.74 Å². The summed E-state index contributed by atoms with van der Waals surface area (Å²) >= 11 is 0. The SMILES string of the molecule is COC(=O)CCC1CC(NC(=O)OC(C)(C)C)CN(C)C1. The van der Waals surface area contributed by atoms with Gasteiger partial charge in [-0.25, -0.2) is 4.79 Å². The van der Waals surface area contributed by atoms with Gasteiger partial charge in [-0.05, 0) is 46.6 Å².